The normalized spacial score (nSPS) is 21.6. The van der Waals surface area contributed by atoms with Gasteiger partial charge < -0.3 is 14.4 Å². The number of pyridine rings is 1. The van der Waals surface area contributed by atoms with Gasteiger partial charge in [0.1, 0.15) is 17.4 Å². The summed E-state index contributed by atoms with van der Waals surface area (Å²) in [6, 6.07) is 9.25. The molecule has 3 aliphatic rings. The Morgan fingerprint density at radius 2 is 1.94 bits per heavy atom. The molecule has 1 aliphatic carbocycles. The van der Waals surface area contributed by atoms with Crippen molar-refractivity contribution in [3.05, 3.63) is 47.8 Å². The minimum Gasteiger partial charge on any atom is -0.465 e. The predicted octanol–water partition coefficient (Wildman–Crippen LogP) is 4.55. The van der Waals surface area contributed by atoms with Crippen molar-refractivity contribution in [2.45, 2.75) is 50.1 Å². The zero-order valence-corrected chi connectivity index (χ0v) is 18.7. The van der Waals surface area contributed by atoms with Gasteiger partial charge in [-0.3, -0.25) is 9.69 Å². The average Bonchev–Trinajstić information content (AvgIpc) is 3.37. The fourth-order valence-electron chi connectivity index (χ4n) is 4.56. The summed E-state index contributed by atoms with van der Waals surface area (Å²) in [6.45, 7) is 0.658. The molecule has 1 atom stereocenters. The van der Waals surface area contributed by atoms with E-state index in [1.54, 1.807) is 29.2 Å². The highest BCUT2D eigenvalue weighted by molar-refractivity contribution is 7.81. The van der Waals surface area contributed by atoms with Crippen LogP contribution in [-0.4, -0.2) is 34.4 Å². The lowest BCUT2D eigenvalue weighted by Crippen LogP contribution is -2.55. The van der Waals surface area contributed by atoms with E-state index in [0.717, 1.165) is 36.4 Å². The van der Waals surface area contributed by atoms with Crippen molar-refractivity contribution >= 4 is 34.6 Å². The number of alkyl halides is 3. The van der Waals surface area contributed by atoms with Gasteiger partial charge in [0.05, 0.1) is 24.1 Å². The van der Waals surface area contributed by atoms with E-state index in [2.05, 4.69) is 4.98 Å². The molecule has 34 heavy (non-hydrogen) atoms. The summed E-state index contributed by atoms with van der Waals surface area (Å²) >= 11 is 5.60. The van der Waals surface area contributed by atoms with Crippen LogP contribution in [0, 0.1) is 11.3 Å². The Hall–Kier alpha value is -3.23. The number of carbonyl (C=O) groups excluding carboxylic acids is 1. The van der Waals surface area contributed by atoms with Crippen molar-refractivity contribution in [3.8, 4) is 11.8 Å². The second-order valence-electron chi connectivity index (χ2n) is 8.40. The highest BCUT2D eigenvalue weighted by atomic mass is 32.1. The molecule has 1 saturated carbocycles. The predicted molar refractivity (Wildman–Crippen MR) is 119 cm³/mol. The molecule has 3 fully saturated rings. The van der Waals surface area contributed by atoms with Gasteiger partial charge in [0, 0.05) is 12.1 Å². The van der Waals surface area contributed by atoms with Crippen molar-refractivity contribution in [2.75, 3.05) is 16.4 Å². The quantitative estimate of drug-likeness (QED) is 0.585. The van der Waals surface area contributed by atoms with Crippen molar-refractivity contribution in [1.29, 1.82) is 5.26 Å². The van der Waals surface area contributed by atoms with Crippen LogP contribution in [0.1, 0.15) is 43.4 Å². The summed E-state index contributed by atoms with van der Waals surface area (Å²) in [5.41, 5.74) is -2.41. The minimum absolute atomic E-state index is 0.0668. The molecule has 176 valence electrons. The number of halogens is 3. The van der Waals surface area contributed by atoms with Crippen LogP contribution in [-0.2, 0) is 15.7 Å². The van der Waals surface area contributed by atoms with Crippen molar-refractivity contribution in [1.82, 2.24) is 4.98 Å². The molecule has 0 N–H and O–H groups in total. The molecule has 0 bridgehead atoms. The maximum atomic E-state index is 13.5. The molecule has 3 heterocycles. The van der Waals surface area contributed by atoms with Crippen LogP contribution >= 0.6 is 12.2 Å². The zero-order chi connectivity index (χ0) is 24.1. The third kappa shape index (κ3) is 3.58. The van der Waals surface area contributed by atoms with Crippen LogP contribution in [0.4, 0.5) is 24.5 Å². The lowest BCUT2D eigenvalue weighted by molar-refractivity contribution is -0.138. The first kappa shape index (κ1) is 22.6. The molecular formula is C23H19F3N4O3S. The third-order valence-corrected chi connectivity index (χ3v) is 6.75. The SMILES string of the molecule is N#Cc1ncc(N2C(=O)C3(CCC3)N(c3ccc(OC4CCCO4)cc3)C2=S)cc1C(F)(F)F. The van der Waals surface area contributed by atoms with Gasteiger partial charge in [-0.25, -0.2) is 4.98 Å². The van der Waals surface area contributed by atoms with Gasteiger partial charge in [-0.05, 0) is 68.2 Å². The van der Waals surface area contributed by atoms with Crippen LogP contribution in [0.3, 0.4) is 0 Å². The van der Waals surface area contributed by atoms with Crippen LogP contribution < -0.4 is 14.5 Å². The molecule has 0 radical (unpaired) electrons. The third-order valence-electron chi connectivity index (χ3n) is 6.39. The fourth-order valence-corrected chi connectivity index (χ4v) is 5.02. The number of aromatic nitrogens is 1. The molecule has 2 aliphatic heterocycles. The van der Waals surface area contributed by atoms with E-state index in [1.165, 1.54) is 6.07 Å². The van der Waals surface area contributed by atoms with Crippen LogP contribution in [0.25, 0.3) is 0 Å². The minimum atomic E-state index is -4.80. The number of hydrogen-bond acceptors (Lipinski definition) is 6. The Morgan fingerprint density at radius 3 is 2.50 bits per heavy atom. The first-order valence-corrected chi connectivity index (χ1v) is 11.2. The molecule has 1 spiro atoms. The Bertz CT molecular complexity index is 1190. The summed E-state index contributed by atoms with van der Waals surface area (Å²) in [6.07, 6.45) is -0.441. The van der Waals surface area contributed by atoms with E-state index in [9.17, 15) is 18.0 Å². The number of carbonyl (C=O) groups is 1. The molecule has 2 saturated heterocycles. The lowest BCUT2D eigenvalue weighted by atomic mass is 9.75. The van der Waals surface area contributed by atoms with E-state index in [1.807, 2.05) is 0 Å². The highest BCUT2D eigenvalue weighted by Crippen LogP contribution is 2.48. The first-order valence-electron chi connectivity index (χ1n) is 10.8. The van der Waals surface area contributed by atoms with E-state index in [4.69, 9.17) is 27.0 Å². The largest absolute Gasteiger partial charge is 0.465 e. The molecule has 1 aromatic carbocycles. The summed E-state index contributed by atoms with van der Waals surface area (Å²) in [7, 11) is 0. The van der Waals surface area contributed by atoms with Crippen molar-refractivity contribution in [2.24, 2.45) is 0 Å². The number of thiocarbonyl (C=S) groups is 1. The standard InChI is InChI=1S/C23H19F3N4O3S/c24-23(25,26)17-11-15(13-28-18(17)12-27)29-20(31)22(8-2-9-22)30(21(29)34)14-4-6-16(7-5-14)33-19-3-1-10-32-19/h4-7,11,13,19H,1-3,8-10H2. The number of benzene rings is 1. The number of nitriles is 1. The van der Waals surface area contributed by atoms with Crippen molar-refractivity contribution < 1.29 is 27.4 Å². The molecule has 11 heteroatoms. The van der Waals surface area contributed by atoms with Gasteiger partial charge in [-0.15, -0.1) is 0 Å². The number of nitrogens with zero attached hydrogens (tertiary/aromatic N) is 4. The number of hydrogen-bond donors (Lipinski definition) is 0. The lowest BCUT2D eigenvalue weighted by Gasteiger charge is -2.43. The molecule has 1 aromatic heterocycles. The van der Waals surface area contributed by atoms with Gasteiger partial charge in [0.15, 0.2) is 17.1 Å². The van der Waals surface area contributed by atoms with E-state index < -0.39 is 28.9 Å². The molecular weight excluding hydrogens is 469 g/mol. The van der Waals surface area contributed by atoms with Gasteiger partial charge in [-0.1, -0.05) is 0 Å². The number of anilines is 2. The van der Waals surface area contributed by atoms with E-state index in [0.29, 0.717) is 30.9 Å². The van der Waals surface area contributed by atoms with E-state index in [-0.39, 0.29) is 17.1 Å². The maximum absolute atomic E-state index is 13.5. The Labute approximate surface area is 198 Å². The van der Waals surface area contributed by atoms with Gasteiger partial charge in [-0.2, -0.15) is 18.4 Å². The average molecular weight is 488 g/mol. The summed E-state index contributed by atoms with van der Waals surface area (Å²) in [5, 5.41) is 9.10. The molecule has 5 rings (SSSR count). The van der Waals surface area contributed by atoms with Crippen molar-refractivity contribution in [3.63, 3.8) is 0 Å². The second-order valence-corrected chi connectivity index (χ2v) is 8.76. The number of rotatable bonds is 4. The molecule has 2 aromatic rings. The Balaban J connectivity index is 1.48. The Kier molecular flexibility index (Phi) is 5.45. The molecule has 1 amide bonds. The fraction of sp³-hybridized carbons (Fsp3) is 0.391. The first-order chi connectivity index (χ1) is 16.2. The monoisotopic (exact) mass is 488 g/mol. The topological polar surface area (TPSA) is 78.7 Å². The molecule has 7 nitrogen and oxygen atoms in total. The highest BCUT2D eigenvalue weighted by Gasteiger charge is 2.59. The summed E-state index contributed by atoms with van der Waals surface area (Å²) in [5.74, 6) is 0.209. The smallest absolute Gasteiger partial charge is 0.419 e. The van der Waals surface area contributed by atoms with Crippen LogP contribution in [0.15, 0.2) is 36.5 Å². The molecule has 1 unspecified atom stereocenters. The van der Waals surface area contributed by atoms with E-state index >= 15 is 0 Å². The second kappa shape index (κ2) is 8.21. The van der Waals surface area contributed by atoms with Gasteiger partial charge >= 0.3 is 6.18 Å². The zero-order valence-electron chi connectivity index (χ0n) is 17.8. The van der Waals surface area contributed by atoms with Gasteiger partial charge in [0.2, 0.25) is 0 Å². The Morgan fingerprint density at radius 1 is 1.21 bits per heavy atom. The maximum Gasteiger partial charge on any atom is 0.419 e. The number of amides is 1. The summed E-state index contributed by atoms with van der Waals surface area (Å²) < 4.78 is 51.8. The van der Waals surface area contributed by atoms with Crippen LogP contribution in [0.2, 0.25) is 0 Å². The number of ether oxygens (including phenoxy) is 2. The summed E-state index contributed by atoms with van der Waals surface area (Å²) in [4.78, 5) is 19.9. The van der Waals surface area contributed by atoms with Crippen LogP contribution in [0.5, 0.6) is 5.75 Å². The van der Waals surface area contributed by atoms with Gasteiger partial charge in [0.25, 0.3) is 5.91 Å².